The minimum Gasteiger partial charge on any atom is -0.378 e. The van der Waals surface area contributed by atoms with Gasteiger partial charge >= 0.3 is 0 Å². The Balaban J connectivity index is 1.94. The predicted molar refractivity (Wildman–Crippen MR) is 67.0 cm³/mol. The molecule has 0 aliphatic carbocycles. The van der Waals surface area contributed by atoms with E-state index in [4.69, 9.17) is 14.2 Å². The first-order valence-corrected chi connectivity index (χ1v) is 6.22. The van der Waals surface area contributed by atoms with Gasteiger partial charge in [-0.3, -0.25) is 0 Å². The maximum Gasteiger partial charge on any atom is 0.157 e. The zero-order valence-corrected chi connectivity index (χ0v) is 10.8. The summed E-state index contributed by atoms with van der Waals surface area (Å²) < 4.78 is 16.6. The van der Waals surface area contributed by atoms with Crippen LogP contribution in [0.15, 0.2) is 30.3 Å². The van der Waals surface area contributed by atoms with Gasteiger partial charge < -0.3 is 19.3 Å². The average molecular weight is 252 g/mol. The van der Waals surface area contributed by atoms with Gasteiger partial charge in [0.1, 0.15) is 6.10 Å². The normalized spacial score (nSPS) is 32.4. The molecule has 1 aliphatic rings. The molecule has 1 aliphatic heterocycles. The molecule has 0 aromatic heterocycles. The summed E-state index contributed by atoms with van der Waals surface area (Å²) in [6, 6.07) is 9.98. The minimum absolute atomic E-state index is 0.132. The summed E-state index contributed by atoms with van der Waals surface area (Å²) in [6.45, 7) is 2.42. The van der Waals surface area contributed by atoms with Crippen molar-refractivity contribution in [2.45, 2.75) is 44.6 Å². The predicted octanol–water partition coefficient (Wildman–Crippen LogP) is 1.71. The van der Waals surface area contributed by atoms with Crippen LogP contribution in [0.25, 0.3) is 0 Å². The van der Waals surface area contributed by atoms with E-state index in [0.717, 1.165) is 5.56 Å². The third kappa shape index (κ3) is 3.29. The number of aliphatic hydroxyl groups is 1. The molecule has 0 amide bonds. The third-order valence-corrected chi connectivity index (χ3v) is 3.22. The van der Waals surface area contributed by atoms with Gasteiger partial charge in [0, 0.05) is 13.5 Å². The van der Waals surface area contributed by atoms with E-state index in [1.54, 1.807) is 7.11 Å². The standard InChI is InChI=1S/C14H20O4/c1-10-14(12(16-2)8-13(15)18-10)17-9-11-6-4-3-5-7-11/h3-7,10,12-15H,8-9H2,1-2H3/t10-,12-,13?,14-/m0/s1. The van der Waals surface area contributed by atoms with Gasteiger partial charge in [-0.25, -0.2) is 0 Å². The summed E-state index contributed by atoms with van der Waals surface area (Å²) in [5.74, 6) is 0. The second-order valence-corrected chi connectivity index (χ2v) is 4.57. The maximum absolute atomic E-state index is 9.53. The van der Waals surface area contributed by atoms with Crippen molar-refractivity contribution < 1.29 is 19.3 Å². The molecule has 4 heteroatoms. The van der Waals surface area contributed by atoms with Crippen molar-refractivity contribution in [2.75, 3.05) is 7.11 Å². The second-order valence-electron chi connectivity index (χ2n) is 4.57. The molecule has 4 atom stereocenters. The highest BCUT2D eigenvalue weighted by Gasteiger charge is 2.36. The topological polar surface area (TPSA) is 47.9 Å². The molecule has 1 N–H and O–H groups in total. The molecule has 0 spiro atoms. The Morgan fingerprint density at radius 3 is 2.72 bits per heavy atom. The van der Waals surface area contributed by atoms with Gasteiger partial charge in [0.05, 0.1) is 18.8 Å². The lowest BCUT2D eigenvalue weighted by Crippen LogP contribution is -2.49. The smallest absolute Gasteiger partial charge is 0.157 e. The molecule has 1 unspecified atom stereocenters. The highest BCUT2D eigenvalue weighted by Crippen LogP contribution is 2.24. The molecule has 1 fully saturated rings. The Labute approximate surface area is 107 Å². The Morgan fingerprint density at radius 1 is 1.33 bits per heavy atom. The lowest BCUT2D eigenvalue weighted by atomic mass is 10.0. The van der Waals surface area contributed by atoms with E-state index in [-0.39, 0.29) is 18.3 Å². The highest BCUT2D eigenvalue weighted by molar-refractivity contribution is 5.13. The van der Waals surface area contributed by atoms with Crippen molar-refractivity contribution in [1.82, 2.24) is 0 Å². The molecule has 0 radical (unpaired) electrons. The van der Waals surface area contributed by atoms with Crippen LogP contribution in [0.5, 0.6) is 0 Å². The van der Waals surface area contributed by atoms with Crippen LogP contribution in [-0.2, 0) is 20.8 Å². The summed E-state index contributed by atoms with van der Waals surface area (Å²) in [5, 5.41) is 9.53. The van der Waals surface area contributed by atoms with Crippen LogP contribution < -0.4 is 0 Å². The molecule has 1 saturated heterocycles. The van der Waals surface area contributed by atoms with E-state index in [1.807, 2.05) is 37.3 Å². The Hall–Kier alpha value is -0.940. The molecule has 18 heavy (non-hydrogen) atoms. The maximum atomic E-state index is 9.53. The lowest BCUT2D eigenvalue weighted by molar-refractivity contribution is -0.245. The van der Waals surface area contributed by atoms with Gasteiger partial charge in [-0.2, -0.15) is 0 Å². The molecule has 0 saturated carbocycles. The Bertz CT molecular complexity index is 354. The summed E-state index contributed by atoms with van der Waals surface area (Å²) >= 11 is 0. The van der Waals surface area contributed by atoms with Gasteiger partial charge in [0.2, 0.25) is 0 Å². The molecule has 4 nitrogen and oxygen atoms in total. The molecule has 1 heterocycles. The van der Waals surface area contributed by atoms with E-state index >= 15 is 0 Å². The summed E-state index contributed by atoms with van der Waals surface area (Å²) in [7, 11) is 1.63. The first-order valence-electron chi connectivity index (χ1n) is 6.22. The Kier molecular flexibility index (Phi) is 4.72. The summed E-state index contributed by atoms with van der Waals surface area (Å²) in [6.07, 6.45) is -0.782. The van der Waals surface area contributed by atoms with Gasteiger partial charge in [-0.05, 0) is 12.5 Å². The molecule has 1 aromatic carbocycles. The SMILES string of the molecule is CO[C@H]1CC(O)O[C@@H](C)[C@@H]1OCc1ccccc1. The largest absolute Gasteiger partial charge is 0.378 e. The number of hydrogen-bond acceptors (Lipinski definition) is 4. The minimum atomic E-state index is -0.762. The van der Waals surface area contributed by atoms with E-state index in [1.165, 1.54) is 0 Å². The number of benzene rings is 1. The summed E-state index contributed by atoms with van der Waals surface area (Å²) in [4.78, 5) is 0. The van der Waals surface area contributed by atoms with Crippen molar-refractivity contribution >= 4 is 0 Å². The first kappa shape index (κ1) is 13.5. The zero-order valence-electron chi connectivity index (χ0n) is 10.8. The van der Waals surface area contributed by atoms with Crippen molar-refractivity contribution in [3.8, 4) is 0 Å². The molecule has 1 aromatic rings. The van der Waals surface area contributed by atoms with Crippen LogP contribution in [-0.4, -0.2) is 36.8 Å². The van der Waals surface area contributed by atoms with Crippen LogP contribution in [0.1, 0.15) is 18.9 Å². The molecule has 100 valence electrons. The van der Waals surface area contributed by atoms with Crippen molar-refractivity contribution in [1.29, 1.82) is 0 Å². The lowest BCUT2D eigenvalue weighted by Gasteiger charge is -2.37. The number of ether oxygens (including phenoxy) is 3. The number of rotatable bonds is 4. The van der Waals surface area contributed by atoms with Crippen molar-refractivity contribution in [3.63, 3.8) is 0 Å². The highest BCUT2D eigenvalue weighted by atomic mass is 16.6. The van der Waals surface area contributed by atoms with E-state index in [0.29, 0.717) is 13.0 Å². The Morgan fingerprint density at radius 2 is 2.06 bits per heavy atom. The van der Waals surface area contributed by atoms with E-state index < -0.39 is 6.29 Å². The van der Waals surface area contributed by atoms with Crippen LogP contribution in [0.4, 0.5) is 0 Å². The van der Waals surface area contributed by atoms with E-state index in [9.17, 15) is 5.11 Å². The number of methoxy groups -OCH3 is 1. The third-order valence-electron chi connectivity index (χ3n) is 3.22. The number of aliphatic hydroxyl groups excluding tert-OH is 1. The molecular formula is C14H20O4. The van der Waals surface area contributed by atoms with Gasteiger partial charge in [-0.15, -0.1) is 0 Å². The molecule has 0 bridgehead atoms. The fraction of sp³-hybridized carbons (Fsp3) is 0.571. The average Bonchev–Trinajstić information content (AvgIpc) is 2.38. The van der Waals surface area contributed by atoms with Gasteiger partial charge in [0.25, 0.3) is 0 Å². The van der Waals surface area contributed by atoms with Gasteiger partial charge in [-0.1, -0.05) is 30.3 Å². The van der Waals surface area contributed by atoms with Crippen molar-refractivity contribution in [3.05, 3.63) is 35.9 Å². The monoisotopic (exact) mass is 252 g/mol. The van der Waals surface area contributed by atoms with Crippen LogP contribution >= 0.6 is 0 Å². The zero-order chi connectivity index (χ0) is 13.0. The first-order chi connectivity index (χ1) is 8.70. The summed E-state index contributed by atoms with van der Waals surface area (Å²) in [5.41, 5.74) is 1.12. The van der Waals surface area contributed by atoms with Crippen LogP contribution in [0, 0.1) is 0 Å². The fourth-order valence-electron chi connectivity index (χ4n) is 2.26. The van der Waals surface area contributed by atoms with E-state index in [2.05, 4.69) is 0 Å². The second kappa shape index (κ2) is 6.29. The van der Waals surface area contributed by atoms with Crippen molar-refractivity contribution in [2.24, 2.45) is 0 Å². The van der Waals surface area contributed by atoms with Gasteiger partial charge in [0.15, 0.2) is 6.29 Å². The number of hydrogen-bond donors (Lipinski definition) is 1. The van der Waals surface area contributed by atoms with Crippen LogP contribution in [0.3, 0.4) is 0 Å². The van der Waals surface area contributed by atoms with Crippen LogP contribution in [0.2, 0.25) is 0 Å². The molecular weight excluding hydrogens is 232 g/mol. The fourth-order valence-corrected chi connectivity index (χ4v) is 2.26. The molecule has 2 rings (SSSR count). The quantitative estimate of drug-likeness (QED) is 0.886.